The summed E-state index contributed by atoms with van der Waals surface area (Å²) in [5.41, 5.74) is 6.21. The van der Waals surface area contributed by atoms with Gasteiger partial charge in [0, 0.05) is 32.1 Å². The maximum atomic E-state index is 10.7. The highest BCUT2D eigenvalue weighted by Crippen LogP contribution is 2.18. The molecular formula is C16H10Cl4N2O4S2. The molecule has 2 N–H and O–H groups in total. The first-order valence-electron chi connectivity index (χ1n) is 6.99. The van der Waals surface area contributed by atoms with Crippen LogP contribution in [0.5, 0.6) is 0 Å². The van der Waals surface area contributed by atoms with Crippen molar-refractivity contribution in [2.75, 3.05) is 0 Å². The number of amides is 1. The molecule has 0 unspecified atom stereocenters. The first-order valence-corrected chi connectivity index (χ1v) is 10.5. The average molecular weight is 500 g/mol. The maximum absolute atomic E-state index is 10.7. The summed E-state index contributed by atoms with van der Waals surface area (Å²) < 4.78 is 8.06. The molecule has 0 aliphatic rings. The summed E-state index contributed by atoms with van der Waals surface area (Å²) in [7, 11) is 5.25. The highest BCUT2D eigenvalue weighted by Gasteiger charge is 2.04. The average Bonchev–Trinajstić information content (AvgIpc) is 3.10. The predicted octanol–water partition coefficient (Wildman–Crippen LogP) is 6.09. The molecule has 0 atom stereocenters. The lowest BCUT2D eigenvalue weighted by atomic mass is 10.2. The van der Waals surface area contributed by atoms with E-state index in [2.05, 4.69) is 16.0 Å². The molecule has 2 aromatic carbocycles. The second-order valence-corrected chi connectivity index (χ2v) is 7.66. The van der Waals surface area contributed by atoms with Gasteiger partial charge in [0.05, 0.1) is 11.5 Å². The monoisotopic (exact) mass is 498 g/mol. The van der Waals surface area contributed by atoms with Crippen molar-refractivity contribution < 1.29 is 14.0 Å². The van der Waals surface area contributed by atoms with Crippen LogP contribution in [-0.4, -0.2) is 14.9 Å². The van der Waals surface area contributed by atoms with Crippen LogP contribution in [0.25, 0.3) is 11.5 Å². The van der Waals surface area contributed by atoms with Gasteiger partial charge in [-0.05, 0) is 70.8 Å². The Balaban J connectivity index is 0.000000233. The minimum atomic E-state index is -0.591. The van der Waals surface area contributed by atoms with E-state index in [-0.39, 0.29) is 0 Å². The van der Waals surface area contributed by atoms with E-state index in [0.717, 1.165) is 17.1 Å². The number of halogens is 4. The van der Waals surface area contributed by atoms with E-state index in [0.29, 0.717) is 32.5 Å². The molecule has 3 aromatic rings. The Hall–Kier alpha value is -1.55. The lowest BCUT2D eigenvalue weighted by Crippen LogP contribution is -2.10. The lowest BCUT2D eigenvalue weighted by Gasteiger charge is -1.92. The molecule has 28 heavy (non-hydrogen) atoms. The number of hydrogen-bond acceptors (Lipinski definition) is 7. The number of rotatable bonds is 2. The van der Waals surface area contributed by atoms with Crippen LogP contribution in [0.3, 0.4) is 0 Å². The Morgan fingerprint density at radius 2 is 1.46 bits per heavy atom. The van der Waals surface area contributed by atoms with Crippen molar-refractivity contribution >= 4 is 78.5 Å². The van der Waals surface area contributed by atoms with Gasteiger partial charge in [0.25, 0.3) is 4.57 Å². The molecule has 0 aliphatic heterocycles. The summed E-state index contributed by atoms with van der Waals surface area (Å²) in [5.74, 6) is -0.0941. The van der Waals surface area contributed by atoms with Crippen molar-refractivity contribution in [1.82, 2.24) is 4.37 Å². The molecule has 0 radical (unpaired) electrons. The van der Waals surface area contributed by atoms with Crippen molar-refractivity contribution in [3.63, 3.8) is 0 Å². The molecule has 12 heteroatoms. The van der Waals surface area contributed by atoms with Crippen LogP contribution in [0.2, 0.25) is 10.0 Å². The molecule has 0 saturated heterocycles. The molecule has 1 heterocycles. The summed E-state index contributed by atoms with van der Waals surface area (Å²) in [6, 6.07) is 13.4. The third kappa shape index (κ3) is 9.59. The molecule has 3 rings (SSSR count). The zero-order valence-electron chi connectivity index (χ0n) is 13.6. The van der Waals surface area contributed by atoms with E-state index in [1.165, 1.54) is 0 Å². The largest absolute Gasteiger partial charge is 0.414 e. The SMILES string of the molecule is NC(=O)c1ccc(Cl)cc1.O=C(Cl)SCl.O=c1oc(-c2ccc(Cl)cc2)ns1. The fourth-order valence-corrected chi connectivity index (χ4v) is 2.18. The van der Waals surface area contributed by atoms with Crippen molar-refractivity contribution in [1.29, 1.82) is 0 Å². The lowest BCUT2D eigenvalue weighted by molar-refractivity contribution is 0.100. The number of nitrogens with two attached hydrogens (primary N) is 1. The van der Waals surface area contributed by atoms with Gasteiger partial charge in [-0.25, -0.2) is 4.79 Å². The van der Waals surface area contributed by atoms with Gasteiger partial charge in [-0.3, -0.25) is 9.59 Å². The minimum absolute atomic E-state index is 0.340. The molecule has 0 saturated carbocycles. The Morgan fingerprint density at radius 3 is 1.82 bits per heavy atom. The normalized spacial score (nSPS) is 9.43. The van der Waals surface area contributed by atoms with Gasteiger partial charge >= 0.3 is 4.94 Å². The van der Waals surface area contributed by atoms with Crippen LogP contribution in [-0.2, 0) is 0 Å². The number of aromatic nitrogens is 1. The van der Waals surface area contributed by atoms with Gasteiger partial charge in [0.15, 0.2) is 0 Å². The predicted molar refractivity (Wildman–Crippen MR) is 116 cm³/mol. The molecule has 0 aliphatic carbocycles. The van der Waals surface area contributed by atoms with Crippen molar-refractivity contribution in [3.05, 3.63) is 73.9 Å². The molecular weight excluding hydrogens is 490 g/mol. The molecule has 0 bridgehead atoms. The van der Waals surface area contributed by atoms with E-state index in [4.69, 9.17) is 44.0 Å². The van der Waals surface area contributed by atoms with E-state index in [1.807, 2.05) is 0 Å². The summed E-state index contributed by atoms with van der Waals surface area (Å²) in [6.07, 6.45) is 0. The molecule has 6 nitrogen and oxygen atoms in total. The summed E-state index contributed by atoms with van der Waals surface area (Å²) >= 11 is 16.7. The summed E-state index contributed by atoms with van der Waals surface area (Å²) in [6.45, 7) is 0. The van der Waals surface area contributed by atoms with Gasteiger partial charge in [0.2, 0.25) is 11.8 Å². The van der Waals surface area contributed by atoms with Gasteiger partial charge in [-0.1, -0.05) is 23.2 Å². The van der Waals surface area contributed by atoms with Gasteiger partial charge in [-0.2, -0.15) is 0 Å². The van der Waals surface area contributed by atoms with Crippen molar-refractivity contribution in [2.45, 2.75) is 0 Å². The quantitative estimate of drug-likeness (QED) is 0.428. The second-order valence-electron chi connectivity index (χ2n) is 4.53. The van der Waals surface area contributed by atoms with E-state index < -0.39 is 15.4 Å². The van der Waals surface area contributed by atoms with Crippen LogP contribution in [0.4, 0.5) is 4.79 Å². The minimum Gasteiger partial charge on any atom is -0.394 e. The first-order chi connectivity index (χ1) is 13.2. The summed E-state index contributed by atoms with van der Waals surface area (Å²) in [4.78, 5) is 30.2. The summed E-state index contributed by atoms with van der Waals surface area (Å²) in [5, 5.41) is 1.24. The molecule has 1 aromatic heterocycles. The van der Waals surface area contributed by atoms with E-state index in [1.54, 1.807) is 48.5 Å². The van der Waals surface area contributed by atoms with Gasteiger partial charge < -0.3 is 10.2 Å². The highest BCUT2D eigenvalue weighted by atomic mass is 35.7. The fourth-order valence-electron chi connectivity index (χ4n) is 1.51. The van der Waals surface area contributed by atoms with Crippen LogP contribution in [0.15, 0.2) is 57.7 Å². The van der Waals surface area contributed by atoms with Gasteiger partial charge in [-0.15, -0.1) is 4.37 Å². The topological polar surface area (TPSA) is 103 Å². The Kier molecular flexibility index (Phi) is 11.2. The number of carbonyl (C=O) groups excluding carboxylic acids is 2. The number of nitrogens with zero attached hydrogens (tertiary/aromatic N) is 1. The zero-order valence-corrected chi connectivity index (χ0v) is 18.3. The van der Waals surface area contributed by atoms with E-state index in [9.17, 15) is 14.4 Å². The molecule has 0 spiro atoms. The first kappa shape index (κ1) is 24.5. The second kappa shape index (κ2) is 12.8. The number of hydrogen-bond donors (Lipinski definition) is 1. The number of benzene rings is 2. The van der Waals surface area contributed by atoms with Crippen LogP contribution in [0, 0.1) is 0 Å². The molecule has 0 fully saturated rings. The third-order valence-electron chi connectivity index (χ3n) is 2.66. The van der Waals surface area contributed by atoms with Crippen LogP contribution < -0.4 is 10.7 Å². The Bertz CT molecular complexity index is 960. The number of primary amides is 1. The highest BCUT2D eigenvalue weighted by molar-refractivity contribution is 8.34. The van der Waals surface area contributed by atoms with E-state index >= 15 is 0 Å². The molecule has 1 amide bonds. The smallest absolute Gasteiger partial charge is 0.394 e. The molecule has 148 valence electrons. The standard InChI is InChI=1S/C8H4ClNO2S.C7H6ClNO.CCl2OS/c9-6-3-1-5(2-4-6)7-10-13-8(11)12-7;8-6-3-1-5(2-4-6)7(9)10;2-1(4)5-3/h1-4H;1-4H,(H2,9,10);. The van der Waals surface area contributed by atoms with Gasteiger partial charge in [0.1, 0.15) is 0 Å². The Morgan fingerprint density at radius 1 is 1.00 bits per heavy atom. The van der Waals surface area contributed by atoms with Crippen LogP contribution in [0.1, 0.15) is 10.4 Å². The van der Waals surface area contributed by atoms with Crippen molar-refractivity contribution in [2.24, 2.45) is 5.73 Å². The Labute approximate surface area is 187 Å². The van der Waals surface area contributed by atoms with Crippen molar-refractivity contribution in [3.8, 4) is 11.5 Å². The van der Waals surface area contributed by atoms with Crippen LogP contribution >= 0.6 is 68.0 Å². The fraction of sp³-hybridized carbons (Fsp3) is 0. The zero-order chi connectivity index (χ0) is 21.1. The third-order valence-corrected chi connectivity index (χ3v) is 4.67. The number of carbonyl (C=O) groups is 2. The maximum Gasteiger partial charge on any atom is 0.414 e.